The van der Waals surface area contributed by atoms with Crippen molar-refractivity contribution >= 4 is 22.6 Å². The maximum absolute atomic E-state index is 13.4. The van der Waals surface area contributed by atoms with E-state index in [0.29, 0.717) is 35.0 Å². The van der Waals surface area contributed by atoms with Crippen molar-refractivity contribution in [3.8, 4) is 0 Å². The van der Waals surface area contributed by atoms with Crippen LogP contribution in [-0.2, 0) is 28.6 Å². The van der Waals surface area contributed by atoms with Crippen molar-refractivity contribution in [1.82, 2.24) is 10.3 Å². The number of nitrogens with zero attached hydrogens (tertiary/aromatic N) is 2. The number of ketones is 1. The van der Waals surface area contributed by atoms with Gasteiger partial charge in [0.15, 0.2) is 5.78 Å². The number of carbonyl (C=O) groups excluding carboxylic acids is 2. The molecule has 0 radical (unpaired) electrons. The van der Waals surface area contributed by atoms with E-state index in [2.05, 4.69) is 24.4 Å². The second-order valence-corrected chi connectivity index (χ2v) is 10.6. The molecule has 210 valence electrons. The molecule has 1 amide bonds. The lowest BCUT2D eigenvalue weighted by Gasteiger charge is -2.29. The number of nitrogens with one attached hydrogen (secondary N) is 1. The lowest BCUT2D eigenvalue weighted by molar-refractivity contribution is -0.889. The fraction of sp³-hybridized carbons (Fsp3) is 0.414. The van der Waals surface area contributed by atoms with Gasteiger partial charge >= 0.3 is 6.18 Å². The van der Waals surface area contributed by atoms with Crippen LogP contribution in [0.3, 0.4) is 0 Å². The standard InChI is InChI=1S/C29H36F3N5O2/c1-37(2,15-13-33)14-5-7-24(34)28(39)36-26(17-20-9-11-23(12-10-20)29(30,31)32)27(38)18-21-16-22-6-3-4-8-25(22)35-19-21/h3-4,6,8-12,16,19,24,26H,5,7,13-15,17-18,33-34H2,1-2H3/p+1/t24-,26+/m0/s1. The molecule has 0 aliphatic rings. The third-order valence-corrected chi connectivity index (χ3v) is 6.80. The summed E-state index contributed by atoms with van der Waals surface area (Å²) in [5, 5.41) is 3.64. The molecule has 3 aromatic rings. The van der Waals surface area contributed by atoms with Crippen LogP contribution in [0.5, 0.6) is 0 Å². The van der Waals surface area contributed by atoms with Crippen molar-refractivity contribution in [2.75, 3.05) is 33.7 Å². The molecule has 2 atom stereocenters. The molecular formula is C29H37F3N5O2+. The molecule has 0 unspecified atom stereocenters. The van der Waals surface area contributed by atoms with Crippen molar-refractivity contribution in [3.63, 3.8) is 0 Å². The Bertz CT molecular complexity index is 1260. The zero-order chi connectivity index (χ0) is 28.6. The summed E-state index contributed by atoms with van der Waals surface area (Å²) in [6.07, 6.45) is -1.68. The minimum Gasteiger partial charge on any atom is -0.345 e. The maximum atomic E-state index is 13.4. The predicted molar refractivity (Wildman–Crippen MR) is 146 cm³/mol. The molecule has 0 fully saturated rings. The smallest absolute Gasteiger partial charge is 0.345 e. The van der Waals surface area contributed by atoms with Crippen LogP contribution in [0, 0.1) is 0 Å². The van der Waals surface area contributed by atoms with Crippen LogP contribution >= 0.6 is 0 Å². The number of aromatic nitrogens is 1. The van der Waals surface area contributed by atoms with Gasteiger partial charge in [0.05, 0.1) is 50.3 Å². The summed E-state index contributed by atoms with van der Waals surface area (Å²) in [7, 11) is 4.11. The Kier molecular flexibility index (Phi) is 10.2. The summed E-state index contributed by atoms with van der Waals surface area (Å²) < 4.78 is 39.7. The molecule has 0 saturated carbocycles. The first-order chi connectivity index (χ1) is 18.4. The zero-order valence-electron chi connectivity index (χ0n) is 22.4. The van der Waals surface area contributed by atoms with Gasteiger partial charge in [-0.2, -0.15) is 13.2 Å². The minimum absolute atomic E-state index is 0.00338. The van der Waals surface area contributed by atoms with Crippen molar-refractivity contribution < 1.29 is 27.2 Å². The Morgan fingerprint density at radius 1 is 1.03 bits per heavy atom. The van der Waals surface area contributed by atoms with E-state index in [4.69, 9.17) is 11.5 Å². The molecule has 5 N–H and O–H groups in total. The summed E-state index contributed by atoms with van der Waals surface area (Å²) in [4.78, 5) is 30.7. The topological polar surface area (TPSA) is 111 Å². The molecule has 2 aromatic carbocycles. The number of amides is 1. The zero-order valence-corrected chi connectivity index (χ0v) is 22.4. The molecule has 7 nitrogen and oxygen atoms in total. The Morgan fingerprint density at radius 3 is 2.38 bits per heavy atom. The third kappa shape index (κ3) is 9.12. The van der Waals surface area contributed by atoms with E-state index in [9.17, 15) is 22.8 Å². The van der Waals surface area contributed by atoms with Crippen LogP contribution in [0.25, 0.3) is 10.9 Å². The molecule has 0 aliphatic carbocycles. The number of benzene rings is 2. The molecule has 0 saturated heterocycles. The number of rotatable bonds is 13. The van der Waals surface area contributed by atoms with Crippen LogP contribution in [0.15, 0.2) is 60.8 Å². The van der Waals surface area contributed by atoms with Crippen molar-refractivity contribution in [1.29, 1.82) is 0 Å². The van der Waals surface area contributed by atoms with Gasteiger partial charge in [-0.05, 0) is 54.7 Å². The first kappa shape index (κ1) is 30.2. The molecule has 1 heterocycles. The van der Waals surface area contributed by atoms with Crippen LogP contribution < -0.4 is 16.8 Å². The molecule has 39 heavy (non-hydrogen) atoms. The van der Waals surface area contributed by atoms with Gasteiger partial charge in [0.25, 0.3) is 0 Å². The van der Waals surface area contributed by atoms with Crippen molar-refractivity contribution in [2.24, 2.45) is 11.5 Å². The number of nitrogens with two attached hydrogens (primary N) is 2. The number of fused-ring (bicyclic) bond motifs is 1. The van der Waals surface area contributed by atoms with Crippen LogP contribution in [0.4, 0.5) is 13.2 Å². The van der Waals surface area contributed by atoms with E-state index in [0.717, 1.165) is 36.1 Å². The predicted octanol–water partition coefficient (Wildman–Crippen LogP) is 3.24. The average Bonchev–Trinajstić information content (AvgIpc) is 2.87. The van der Waals surface area contributed by atoms with Crippen LogP contribution in [-0.4, -0.2) is 67.0 Å². The quantitative estimate of drug-likeness (QED) is 0.286. The van der Waals surface area contributed by atoms with Gasteiger partial charge in [-0.25, -0.2) is 0 Å². The van der Waals surface area contributed by atoms with E-state index in [1.807, 2.05) is 30.3 Å². The second kappa shape index (κ2) is 13.1. The molecule has 0 aliphatic heterocycles. The molecule has 0 spiro atoms. The molecule has 10 heteroatoms. The van der Waals surface area contributed by atoms with Gasteiger partial charge < -0.3 is 21.3 Å². The van der Waals surface area contributed by atoms with Crippen molar-refractivity contribution in [2.45, 2.75) is 43.9 Å². The number of hydrogen-bond acceptors (Lipinski definition) is 5. The average molecular weight is 545 g/mol. The van der Waals surface area contributed by atoms with Gasteiger partial charge in [-0.15, -0.1) is 0 Å². The minimum atomic E-state index is -4.46. The highest BCUT2D eigenvalue weighted by atomic mass is 19.4. The van der Waals surface area contributed by atoms with E-state index in [1.165, 1.54) is 12.1 Å². The number of quaternary nitrogens is 1. The number of Topliss-reactive ketones (excluding diaryl/α,β-unsaturated/α-hetero) is 1. The monoisotopic (exact) mass is 544 g/mol. The Morgan fingerprint density at radius 2 is 1.72 bits per heavy atom. The fourth-order valence-corrected chi connectivity index (χ4v) is 4.46. The number of carbonyl (C=O) groups is 2. The normalized spacial score (nSPS) is 13.7. The van der Waals surface area contributed by atoms with Crippen LogP contribution in [0.2, 0.25) is 0 Å². The summed E-state index contributed by atoms with van der Waals surface area (Å²) >= 11 is 0. The summed E-state index contributed by atoms with van der Waals surface area (Å²) in [5.41, 5.74) is 13.0. The Labute approximate surface area is 227 Å². The fourth-order valence-electron chi connectivity index (χ4n) is 4.46. The van der Waals surface area contributed by atoms with Crippen LogP contribution in [0.1, 0.15) is 29.5 Å². The van der Waals surface area contributed by atoms with Gasteiger partial charge in [-0.1, -0.05) is 30.3 Å². The van der Waals surface area contributed by atoms with Gasteiger partial charge in [0.1, 0.15) is 0 Å². The highest BCUT2D eigenvalue weighted by Crippen LogP contribution is 2.29. The largest absolute Gasteiger partial charge is 0.416 e. The Hall–Kier alpha value is -3.34. The van der Waals surface area contributed by atoms with Gasteiger partial charge in [0, 0.05) is 24.5 Å². The highest BCUT2D eigenvalue weighted by molar-refractivity contribution is 5.92. The number of halogens is 3. The van der Waals surface area contributed by atoms with Crippen molar-refractivity contribution in [3.05, 3.63) is 77.5 Å². The summed E-state index contributed by atoms with van der Waals surface area (Å²) in [6, 6.07) is 12.2. The lowest BCUT2D eigenvalue weighted by Crippen LogP contribution is -2.50. The lowest BCUT2D eigenvalue weighted by atomic mass is 9.96. The molecular weight excluding hydrogens is 507 g/mol. The molecule has 3 rings (SSSR count). The number of para-hydroxylation sites is 1. The second-order valence-electron chi connectivity index (χ2n) is 10.6. The van der Waals surface area contributed by atoms with E-state index in [1.54, 1.807) is 6.20 Å². The first-order valence-electron chi connectivity index (χ1n) is 13.0. The van der Waals surface area contributed by atoms with Gasteiger partial charge in [-0.3, -0.25) is 14.6 Å². The van der Waals surface area contributed by atoms with E-state index in [-0.39, 0.29) is 18.6 Å². The SMILES string of the molecule is C[N+](C)(CCN)CCC[C@H](N)C(=O)N[C@H](Cc1ccc(C(F)(F)F)cc1)C(=O)Cc1cnc2ccccc2c1. The highest BCUT2D eigenvalue weighted by Gasteiger charge is 2.30. The maximum Gasteiger partial charge on any atom is 0.416 e. The number of pyridine rings is 1. The molecule has 0 bridgehead atoms. The number of alkyl halides is 3. The number of likely N-dealkylation sites (N-methyl/N-ethyl adjacent to an activating group) is 1. The Balaban J connectivity index is 1.73. The summed E-state index contributed by atoms with van der Waals surface area (Å²) in [5.74, 6) is -0.755. The first-order valence-corrected chi connectivity index (χ1v) is 13.0. The third-order valence-electron chi connectivity index (χ3n) is 6.80. The number of hydrogen-bond donors (Lipinski definition) is 3. The van der Waals surface area contributed by atoms with E-state index < -0.39 is 29.7 Å². The summed E-state index contributed by atoms with van der Waals surface area (Å²) in [6.45, 7) is 2.15. The van der Waals surface area contributed by atoms with Gasteiger partial charge in [0.2, 0.25) is 5.91 Å². The van der Waals surface area contributed by atoms with E-state index >= 15 is 0 Å². The molecule has 1 aromatic heterocycles.